The minimum Gasteiger partial charge on any atom is -0.380 e. The quantitative estimate of drug-likeness (QED) is 0.115. The summed E-state index contributed by atoms with van der Waals surface area (Å²) in [6.45, 7) is 15.6. The molecule has 2 unspecified atom stereocenters. The predicted octanol–water partition coefficient (Wildman–Crippen LogP) is 4.02. The third-order valence-corrected chi connectivity index (χ3v) is 7.78. The summed E-state index contributed by atoms with van der Waals surface area (Å²) in [4.78, 5) is 47.9. The number of carbonyl (C=O) groups is 4. The standard InChI is InChI=1S/C21H39N3O3.C12H15NOS.CH3NO/c1-5-6-11-23(4)12-9-10-18(2)16-27-17-19(3)21(26)22-15-20(25)24-13-7-8-14-24;1-9(2)12(15)11-5-3-10(4-6-11)7-13-8-14;2-1-3/h5-6,18-19H,7-17H2,1-4H3,(H,22,26);3-6,8,15H,7H2,1-2H3,(H,13,14);1H,(H2,2,3)/b6-5+;;. The molecule has 10 nitrogen and oxygen atoms in total. The van der Waals surface area contributed by atoms with Crippen LogP contribution in [0.2, 0.25) is 0 Å². The average Bonchev–Trinajstić information content (AvgIpc) is 3.57. The molecule has 0 saturated carbocycles. The summed E-state index contributed by atoms with van der Waals surface area (Å²) in [6.07, 6.45) is 9.58. The van der Waals surface area contributed by atoms with Crippen molar-refractivity contribution in [2.75, 3.05) is 53.0 Å². The lowest BCUT2D eigenvalue weighted by atomic mass is 10.1. The molecule has 0 radical (unpaired) electrons. The number of ether oxygens (including phenoxy) is 1. The van der Waals surface area contributed by atoms with E-state index in [2.05, 4.69) is 60.0 Å². The maximum atomic E-state index is 12.1. The lowest BCUT2D eigenvalue weighted by Crippen LogP contribution is -2.41. The second-order valence-electron chi connectivity index (χ2n) is 11.5. The SMILES string of the molecule is C/C=C/CN(C)CCCC(C)COCC(C)C(=O)NCC(=O)N1CCCC1.CC(C)=C(S)c1ccc(CNC=O)cc1.NC=O. The Morgan fingerprint density at radius 2 is 1.73 bits per heavy atom. The van der Waals surface area contributed by atoms with Crippen LogP contribution in [-0.4, -0.2) is 87.4 Å². The summed E-state index contributed by atoms with van der Waals surface area (Å²) < 4.78 is 5.73. The molecule has 4 N–H and O–H groups in total. The first-order valence-corrected chi connectivity index (χ1v) is 16.2. The van der Waals surface area contributed by atoms with E-state index in [-0.39, 0.29) is 30.7 Å². The summed E-state index contributed by atoms with van der Waals surface area (Å²) in [5.41, 5.74) is 7.55. The molecular formula is C34H57N5O5S. The molecule has 1 saturated heterocycles. The zero-order valence-electron chi connectivity index (χ0n) is 28.2. The number of hydrogen-bond donors (Lipinski definition) is 4. The van der Waals surface area contributed by atoms with Gasteiger partial charge in [0.05, 0.1) is 19.1 Å². The third kappa shape index (κ3) is 20.5. The fourth-order valence-corrected chi connectivity index (χ4v) is 4.48. The Balaban J connectivity index is 0.000000901. The van der Waals surface area contributed by atoms with Crippen molar-refractivity contribution in [1.82, 2.24) is 20.4 Å². The number of primary amides is 1. The van der Waals surface area contributed by atoms with Gasteiger partial charge in [-0.25, -0.2) is 0 Å². The van der Waals surface area contributed by atoms with Gasteiger partial charge in [-0.2, -0.15) is 0 Å². The molecule has 0 spiro atoms. The number of nitrogens with zero attached hydrogens (tertiary/aromatic N) is 2. The van der Waals surface area contributed by atoms with E-state index in [1.807, 2.05) is 56.9 Å². The number of thiol groups is 1. The Hall–Kier alpha value is -3.15. The van der Waals surface area contributed by atoms with E-state index in [9.17, 15) is 14.4 Å². The second kappa shape index (κ2) is 26.1. The van der Waals surface area contributed by atoms with Gasteiger partial charge in [0.2, 0.25) is 24.6 Å². The first-order chi connectivity index (χ1) is 21.5. The molecule has 45 heavy (non-hydrogen) atoms. The Bertz CT molecular complexity index is 1040. The fourth-order valence-electron chi connectivity index (χ4n) is 4.34. The van der Waals surface area contributed by atoms with Crippen LogP contribution in [-0.2, 0) is 30.5 Å². The Morgan fingerprint density at radius 1 is 1.11 bits per heavy atom. The minimum absolute atomic E-state index is 0.0157. The number of hydrogen-bond acceptors (Lipinski definition) is 7. The highest BCUT2D eigenvalue weighted by atomic mass is 32.1. The predicted molar refractivity (Wildman–Crippen MR) is 186 cm³/mol. The van der Waals surface area contributed by atoms with Gasteiger partial charge in [0.1, 0.15) is 0 Å². The van der Waals surface area contributed by atoms with Gasteiger partial charge in [-0.1, -0.05) is 55.8 Å². The first-order valence-electron chi connectivity index (χ1n) is 15.7. The summed E-state index contributed by atoms with van der Waals surface area (Å²) in [6, 6.07) is 8.00. The van der Waals surface area contributed by atoms with E-state index < -0.39 is 0 Å². The van der Waals surface area contributed by atoms with E-state index in [1.165, 1.54) is 5.57 Å². The molecule has 1 aliphatic rings. The molecule has 0 aromatic heterocycles. The summed E-state index contributed by atoms with van der Waals surface area (Å²) in [5.74, 6) is 0.144. The molecule has 2 rings (SSSR count). The number of benzene rings is 1. The summed E-state index contributed by atoms with van der Waals surface area (Å²) >= 11 is 4.43. The van der Waals surface area contributed by atoms with Gasteiger partial charge in [0.25, 0.3) is 0 Å². The van der Waals surface area contributed by atoms with Crippen molar-refractivity contribution < 1.29 is 23.9 Å². The van der Waals surface area contributed by atoms with Gasteiger partial charge in [0.15, 0.2) is 0 Å². The average molecular weight is 648 g/mol. The molecule has 1 heterocycles. The highest BCUT2D eigenvalue weighted by Crippen LogP contribution is 2.22. The molecule has 0 bridgehead atoms. The van der Waals surface area contributed by atoms with Crippen LogP contribution < -0.4 is 16.4 Å². The van der Waals surface area contributed by atoms with Gasteiger partial charge in [-0.3, -0.25) is 19.2 Å². The molecule has 1 fully saturated rings. The van der Waals surface area contributed by atoms with Crippen LogP contribution in [0.15, 0.2) is 42.0 Å². The second-order valence-corrected chi connectivity index (χ2v) is 12.0. The van der Waals surface area contributed by atoms with Gasteiger partial charge in [-0.15, -0.1) is 12.6 Å². The van der Waals surface area contributed by atoms with Crippen LogP contribution in [0.5, 0.6) is 0 Å². The van der Waals surface area contributed by atoms with Crippen molar-refractivity contribution in [1.29, 1.82) is 0 Å². The normalized spacial score (nSPS) is 13.6. The van der Waals surface area contributed by atoms with E-state index >= 15 is 0 Å². The molecule has 4 amide bonds. The van der Waals surface area contributed by atoms with Gasteiger partial charge in [0, 0.05) is 37.7 Å². The highest BCUT2D eigenvalue weighted by molar-refractivity contribution is 7.90. The zero-order chi connectivity index (χ0) is 34.0. The molecule has 2 atom stereocenters. The third-order valence-electron chi connectivity index (χ3n) is 7.07. The van der Waals surface area contributed by atoms with Crippen molar-refractivity contribution in [2.24, 2.45) is 17.6 Å². The Kier molecular flexibility index (Phi) is 24.3. The molecule has 11 heteroatoms. The van der Waals surface area contributed by atoms with Crippen LogP contribution in [0.25, 0.3) is 4.91 Å². The molecule has 1 aromatic carbocycles. The number of amides is 4. The molecular weight excluding hydrogens is 590 g/mol. The first kappa shape index (κ1) is 41.9. The number of nitrogens with two attached hydrogens (primary N) is 1. The van der Waals surface area contributed by atoms with Crippen molar-refractivity contribution >= 4 is 42.2 Å². The van der Waals surface area contributed by atoms with Crippen LogP contribution in [0, 0.1) is 11.8 Å². The van der Waals surface area contributed by atoms with Gasteiger partial charge >= 0.3 is 0 Å². The van der Waals surface area contributed by atoms with Gasteiger partial charge in [-0.05, 0) is 77.1 Å². The summed E-state index contributed by atoms with van der Waals surface area (Å²) in [7, 11) is 2.13. The van der Waals surface area contributed by atoms with E-state index in [1.54, 1.807) is 0 Å². The van der Waals surface area contributed by atoms with Gasteiger partial charge < -0.3 is 30.9 Å². The van der Waals surface area contributed by atoms with E-state index in [0.717, 1.165) is 67.9 Å². The molecule has 1 aliphatic heterocycles. The number of carbonyl (C=O) groups excluding carboxylic acids is 4. The van der Waals surface area contributed by atoms with Crippen LogP contribution in [0.4, 0.5) is 0 Å². The summed E-state index contributed by atoms with van der Waals surface area (Å²) in [5, 5.41) is 5.36. The van der Waals surface area contributed by atoms with Crippen molar-refractivity contribution in [3.05, 3.63) is 53.1 Å². The van der Waals surface area contributed by atoms with Crippen LogP contribution in [0.3, 0.4) is 0 Å². The number of likely N-dealkylation sites (tertiary alicyclic amines) is 1. The smallest absolute Gasteiger partial charge is 0.241 e. The number of allylic oxidation sites excluding steroid dienone is 2. The van der Waals surface area contributed by atoms with E-state index in [0.29, 0.717) is 32.1 Å². The lowest BCUT2D eigenvalue weighted by Gasteiger charge is -2.18. The van der Waals surface area contributed by atoms with E-state index in [4.69, 9.17) is 9.53 Å². The monoisotopic (exact) mass is 647 g/mol. The Morgan fingerprint density at radius 3 is 2.29 bits per heavy atom. The maximum Gasteiger partial charge on any atom is 0.241 e. The maximum absolute atomic E-state index is 12.1. The van der Waals surface area contributed by atoms with Crippen molar-refractivity contribution in [3.63, 3.8) is 0 Å². The van der Waals surface area contributed by atoms with Crippen LogP contribution in [0.1, 0.15) is 71.4 Å². The Labute approximate surface area is 276 Å². The minimum atomic E-state index is -0.240. The molecule has 1 aromatic rings. The van der Waals surface area contributed by atoms with Crippen molar-refractivity contribution in [2.45, 2.75) is 66.8 Å². The highest BCUT2D eigenvalue weighted by Gasteiger charge is 2.20. The van der Waals surface area contributed by atoms with Crippen molar-refractivity contribution in [3.8, 4) is 0 Å². The van der Waals surface area contributed by atoms with Crippen LogP contribution >= 0.6 is 12.6 Å². The fraction of sp³-hybridized carbons (Fsp3) is 0.588. The lowest BCUT2D eigenvalue weighted by molar-refractivity contribution is -0.133. The molecule has 0 aliphatic carbocycles. The largest absolute Gasteiger partial charge is 0.380 e. The topological polar surface area (TPSA) is 134 Å². The molecule has 254 valence electrons. The zero-order valence-corrected chi connectivity index (χ0v) is 29.1. The number of likely N-dealkylation sites (N-methyl/N-ethyl adjacent to an activating group) is 1. The number of nitrogens with one attached hydrogen (secondary N) is 2. The number of rotatable bonds is 17.